The molecule has 2 N–H and O–H groups in total. The lowest BCUT2D eigenvalue weighted by atomic mass is 10.0. The lowest BCUT2D eigenvalue weighted by Crippen LogP contribution is -2.33. The summed E-state index contributed by atoms with van der Waals surface area (Å²) in [6.07, 6.45) is 0.196. The maximum atomic E-state index is 12.4. The number of halogens is 1. The molecule has 0 aliphatic heterocycles. The molecular weight excluding hydrogens is 368 g/mol. The SMILES string of the molecule is CC(=O)NC(CC(=O)NC(C)c1cccc(Br)c1)c1ccccc1. The summed E-state index contributed by atoms with van der Waals surface area (Å²) in [5.41, 5.74) is 1.94. The molecule has 0 aromatic heterocycles. The number of amides is 2. The molecular formula is C19H21BrN2O2. The van der Waals surface area contributed by atoms with Crippen LogP contribution in [0, 0.1) is 0 Å². The molecule has 2 unspecified atom stereocenters. The number of nitrogens with one attached hydrogen (secondary N) is 2. The summed E-state index contributed by atoms with van der Waals surface area (Å²) >= 11 is 3.43. The molecule has 24 heavy (non-hydrogen) atoms. The quantitative estimate of drug-likeness (QED) is 0.788. The molecule has 0 aliphatic carbocycles. The molecule has 2 amide bonds. The average Bonchev–Trinajstić information content (AvgIpc) is 2.54. The standard InChI is InChI=1S/C19H21BrN2O2/c1-13(16-9-6-10-17(20)11-16)21-19(24)12-18(22-14(2)23)15-7-4-3-5-8-15/h3-11,13,18H,12H2,1-2H3,(H,21,24)(H,22,23). The van der Waals surface area contributed by atoms with Gasteiger partial charge in [-0.15, -0.1) is 0 Å². The van der Waals surface area contributed by atoms with Crippen LogP contribution in [-0.4, -0.2) is 11.8 Å². The third kappa shape index (κ3) is 5.49. The van der Waals surface area contributed by atoms with Crippen molar-refractivity contribution in [2.45, 2.75) is 32.4 Å². The largest absolute Gasteiger partial charge is 0.350 e. The second-order valence-corrected chi connectivity index (χ2v) is 6.63. The zero-order chi connectivity index (χ0) is 17.5. The van der Waals surface area contributed by atoms with Gasteiger partial charge in [-0.2, -0.15) is 0 Å². The topological polar surface area (TPSA) is 58.2 Å². The van der Waals surface area contributed by atoms with E-state index in [1.54, 1.807) is 0 Å². The summed E-state index contributed by atoms with van der Waals surface area (Å²) in [5.74, 6) is -0.262. The predicted octanol–water partition coefficient (Wildman–Crippen LogP) is 3.89. The average molecular weight is 389 g/mol. The van der Waals surface area contributed by atoms with Crippen LogP contribution in [0.15, 0.2) is 59.1 Å². The van der Waals surface area contributed by atoms with E-state index < -0.39 is 0 Å². The van der Waals surface area contributed by atoms with Gasteiger partial charge in [-0.05, 0) is 30.2 Å². The fourth-order valence-electron chi connectivity index (χ4n) is 2.53. The van der Waals surface area contributed by atoms with Crippen LogP contribution in [0.4, 0.5) is 0 Å². The first-order valence-electron chi connectivity index (χ1n) is 7.82. The lowest BCUT2D eigenvalue weighted by molar-refractivity contribution is -0.123. The van der Waals surface area contributed by atoms with E-state index in [0.29, 0.717) is 0 Å². The number of hydrogen-bond donors (Lipinski definition) is 2. The maximum absolute atomic E-state index is 12.4. The molecule has 0 saturated heterocycles. The monoisotopic (exact) mass is 388 g/mol. The Hall–Kier alpha value is -2.14. The molecule has 2 atom stereocenters. The van der Waals surface area contributed by atoms with E-state index in [4.69, 9.17) is 0 Å². The van der Waals surface area contributed by atoms with Crippen molar-refractivity contribution in [3.63, 3.8) is 0 Å². The fourth-order valence-corrected chi connectivity index (χ4v) is 2.94. The van der Waals surface area contributed by atoms with Crippen molar-refractivity contribution in [2.24, 2.45) is 0 Å². The molecule has 2 rings (SSSR count). The van der Waals surface area contributed by atoms with Crippen LogP contribution in [-0.2, 0) is 9.59 Å². The van der Waals surface area contributed by atoms with E-state index >= 15 is 0 Å². The second kappa shape index (κ2) is 8.64. The number of hydrogen-bond acceptors (Lipinski definition) is 2. The first kappa shape index (κ1) is 18.2. The normalized spacial score (nSPS) is 13.0. The summed E-state index contributed by atoms with van der Waals surface area (Å²) in [7, 11) is 0. The molecule has 126 valence electrons. The van der Waals surface area contributed by atoms with Gasteiger partial charge in [0.05, 0.1) is 18.5 Å². The van der Waals surface area contributed by atoms with Crippen LogP contribution in [0.3, 0.4) is 0 Å². The van der Waals surface area contributed by atoms with Crippen LogP contribution < -0.4 is 10.6 Å². The Labute approximate surface area is 150 Å². The van der Waals surface area contributed by atoms with E-state index in [1.165, 1.54) is 6.92 Å². The first-order valence-corrected chi connectivity index (χ1v) is 8.62. The molecule has 5 heteroatoms. The minimum Gasteiger partial charge on any atom is -0.350 e. The summed E-state index contributed by atoms with van der Waals surface area (Å²) in [5, 5.41) is 5.83. The van der Waals surface area contributed by atoms with E-state index in [-0.39, 0.29) is 30.3 Å². The number of benzene rings is 2. The maximum Gasteiger partial charge on any atom is 0.222 e. The first-order chi connectivity index (χ1) is 11.5. The zero-order valence-electron chi connectivity index (χ0n) is 13.8. The molecule has 0 radical (unpaired) electrons. The van der Waals surface area contributed by atoms with Gasteiger partial charge in [0.1, 0.15) is 0 Å². The summed E-state index contributed by atoms with van der Waals surface area (Å²) in [6.45, 7) is 3.40. The third-order valence-corrected chi connectivity index (χ3v) is 4.19. The van der Waals surface area contributed by atoms with E-state index in [2.05, 4.69) is 26.6 Å². The highest BCUT2D eigenvalue weighted by Gasteiger charge is 2.18. The highest BCUT2D eigenvalue weighted by atomic mass is 79.9. The van der Waals surface area contributed by atoms with Gasteiger partial charge in [0.2, 0.25) is 11.8 Å². The summed E-state index contributed by atoms with van der Waals surface area (Å²) < 4.78 is 0.974. The Balaban J connectivity index is 2.03. The van der Waals surface area contributed by atoms with Gasteiger partial charge in [-0.1, -0.05) is 58.4 Å². The van der Waals surface area contributed by atoms with Crippen molar-refractivity contribution in [1.29, 1.82) is 0 Å². The van der Waals surface area contributed by atoms with Crippen LogP contribution in [0.2, 0.25) is 0 Å². The van der Waals surface area contributed by atoms with E-state index in [9.17, 15) is 9.59 Å². The number of rotatable bonds is 6. The molecule has 0 saturated carbocycles. The molecule has 2 aromatic rings. The summed E-state index contributed by atoms with van der Waals surface area (Å²) in [4.78, 5) is 23.8. The Morgan fingerprint density at radius 3 is 2.29 bits per heavy atom. The smallest absolute Gasteiger partial charge is 0.222 e. The minimum absolute atomic E-state index is 0.106. The third-order valence-electron chi connectivity index (χ3n) is 3.70. The van der Waals surface area contributed by atoms with Crippen molar-refractivity contribution < 1.29 is 9.59 Å². The Morgan fingerprint density at radius 2 is 1.67 bits per heavy atom. The fraction of sp³-hybridized carbons (Fsp3) is 0.263. The van der Waals surface area contributed by atoms with E-state index in [0.717, 1.165) is 15.6 Å². The molecule has 0 fully saturated rings. The van der Waals surface area contributed by atoms with Gasteiger partial charge in [0.15, 0.2) is 0 Å². The van der Waals surface area contributed by atoms with E-state index in [1.807, 2.05) is 61.5 Å². The highest BCUT2D eigenvalue weighted by Crippen LogP contribution is 2.20. The van der Waals surface area contributed by atoms with Crippen LogP contribution in [0.5, 0.6) is 0 Å². The molecule has 2 aromatic carbocycles. The van der Waals surface area contributed by atoms with Gasteiger partial charge in [-0.25, -0.2) is 0 Å². The van der Waals surface area contributed by atoms with Crippen LogP contribution in [0.25, 0.3) is 0 Å². The molecule has 0 bridgehead atoms. The number of carbonyl (C=O) groups excluding carboxylic acids is 2. The van der Waals surface area contributed by atoms with Gasteiger partial charge >= 0.3 is 0 Å². The molecule has 0 spiro atoms. The van der Waals surface area contributed by atoms with Gasteiger partial charge in [0.25, 0.3) is 0 Å². The van der Waals surface area contributed by atoms with Crippen molar-refractivity contribution in [3.05, 3.63) is 70.2 Å². The van der Waals surface area contributed by atoms with Gasteiger partial charge < -0.3 is 10.6 Å². The Bertz CT molecular complexity index is 704. The van der Waals surface area contributed by atoms with Crippen LogP contribution in [0.1, 0.15) is 43.5 Å². The lowest BCUT2D eigenvalue weighted by Gasteiger charge is -2.20. The molecule has 0 aliphatic rings. The van der Waals surface area contributed by atoms with Crippen molar-refractivity contribution >= 4 is 27.7 Å². The van der Waals surface area contributed by atoms with Crippen molar-refractivity contribution in [2.75, 3.05) is 0 Å². The highest BCUT2D eigenvalue weighted by molar-refractivity contribution is 9.10. The molecule has 0 heterocycles. The van der Waals surface area contributed by atoms with Crippen LogP contribution >= 0.6 is 15.9 Å². The second-order valence-electron chi connectivity index (χ2n) is 5.71. The Kier molecular flexibility index (Phi) is 6.55. The Morgan fingerprint density at radius 1 is 1.00 bits per heavy atom. The molecule has 4 nitrogen and oxygen atoms in total. The van der Waals surface area contributed by atoms with Crippen molar-refractivity contribution in [3.8, 4) is 0 Å². The van der Waals surface area contributed by atoms with Crippen molar-refractivity contribution in [1.82, 2.24) is 10.6 Å². The predicted molar refractivity (Wildman–Crippen MR) is 98.3 cm³/mol. The van der Waals surface area contributed by atoms with Gasteiger partial charge in [0, 0.05) is 11.4 Å². The summed E-state index contributed by atoms with van der Waals surface area (Å²) in [6, 6.07) is 16.9. The van der Waals surface area contributed by atoms with Gasteiger partial charge in [-0.3, -0.25) is 9.59 Å². The zero-order valence-corrected chi connectivity index (χ0v) is 15.3. The minimum atomic E-state index is -0.335. The number of carbonyl (C=O) groups is 2.